The fraction of sp³-hybridized carbons (Fsp3) is 0.444. The summed E-state index contributed by atoms with van der Waals surface area (Å²) in [4.78, 5) is 16.5. The third kappa shape index (κ3) is 4.48. The molecule has 0 bridgehead atoms. The second kappa shape index (κ2) is 8.10. The van der Waals surface area contributed by atoms with Crippen LogP contribution in [0.5, 0.6) is 0 Å². The molecule has 1 aromatic heterocycles. The number of nitrogens with zero attached hydrogens (tertiary/aromatic N) is 3. The van der Waals surface area contributed by atoms with Gasteiger partial charge in [-0.05, 0) is 26.0 Å². The van der Waals surface area contributed by atoms with E-state index in [2.05, 4.69) is 26.9 Å². The van der Waals surface area contributed by atoms with Crippen molar-refractivity contribution in [2.45, 2.75) is 25.2 Å². The number of amides is 1. The van der Waals surface area contributed by atoms with E-state index in [0.29, 0.717) is 18.8 Å². The number of rotatable bonds is 6. The van der Waals surface area contributed by atoms with Crippen molar-refractivity contribution in [1.29, 1.82) is 0 Å². The number of aryl methyl sites for hydroxylation is 2. The Bertz CT molecular complexity index is 868. The molecule has 1 fully saturated rings. The highest BCUT2D eigenvalue weighted by Gasteiger charge is 2.25. The van der Waals surface area contributed by atoms with Crippen LogP contribution in [0.1, 0.15) is 17.9 Å². The highest BCUT2D eigenvalue weighted by molar-refractivity contribution is 7.89. The van der Waals surface area contributed by atoms with E-state index in [1.807, 2.05) is 18.2 Å². The Morgan fingerprint density at radius 2 is 1.81 bits per heavy atom. The number of hydrogen-bond donors (Lipinski definition) is 1. The lowest BCUT2D eigenvalue weighted by molar-refractivity contribution is -0.131. The van der Waals surface area contributed by atoms with Gasteiger partial charge < -0.3 is 14.3 Å². The summed E-state index contributed by atoms with van der Waals surface area (Å²) in [6, 6.07) is 10.1. The number of aromatic nitrogens is 1. The number of carbonyl (C=O) groups is 1. The molecule has 0 unspecified atom stereocenters. The third-order valence-corrected chi connectivity index (χ3v) is 6.33. The number of para-hydroxylation sites is 1. The van der Waals surface area contributed by atoms with Crippen LogP contribution in [0.3, 0.4) is 0 Å². The van der Waals surface area contributed by atoms with Gasteiger partial charge in [-0.15, -0.1) is 0 Å². The molecule has 1 aromatic carbocycles. The molecule has 146 valence electrons. The lowest BCUT2D eigenvalue weighted by Gasteiger charge is -2.36. The number of benzene rings is 1. The molecule has 1 saturated heterocycles. The lowest BCUT2D eigenvalue weighted by Crippen LogP contribution is -2.49. The Labute approximate surface area is 159 Å². The Morgan fingerprint density at radius 3 is 2.41 bits per heavy atom. The summed E-state index contributed by atoms with van der Waals surface area (Å²) in [7, 11) is -3.73. The van der Waals surface area contributed by atoms with E-state index in [1.54, 1.807) is 18.7 Å². The number of carbonyl (C=O) groups excluding carboxylic acids is 1. The third-order valence-electron chi connectivity index (χ3n) is 4.62. The molecule has 2 aromatic rings. The summed E-state index contributed by atoms with van der Waals surface area (Å²) in [6.07, 6.45) is 0.119. The van der Waals surface area contributed by atoms with Gasteiger partial charge in [-0.3, -0.25) is 4.79 Å². The van der Waals surface area contributed by atoms with Gasteiger partial charge >= 0.3 is 0 Å². The van der Waals surface area contributed by atoms with Crippen molar-refractivity contribution < 1.29 is 17.7 Å². The molecule has 1 N–H and O–H groups in total. The highest BCUT2D eigenvalue weighted by atomic mass is 32.2. The highest BCUT2D eigenvalue weighted by Crippen LogP contribution is 2.19. The van der Waals surface area contributed by atoms with E-state index in [4.69, 9.17) is 4.52 Å². The van der Waals surface area contributed by atoms with Crippen molar-refractivity contribution in [3.8, 4) is 0 Å². The molecule has 1 aliphatic heterocycles. The molecular weight excluding hydrogens is 368 g/mol. The fourth-order valence-electron chi connectivity index (χ4n) is 3.23. The van der Waals surface area contributed by atoms with Crippen molar-refractivity contribution in [3.05, 3.63) is 41.8 Å². The molecule has 0 radical (unpaired) electrons. The zero-order valence-electron chi connectivity index (χ0n) is 15.5. The second-order valence-electron chi connectivity index (χ2n) is 6.50. The van der Waals surface area contributed by atoms with Gasteiger partial charge in [0.05, 0.1) is 0 Å². The van der Waals surface area contributed by atoms with Crippen LogP contribution in [0.4, 0.5) is 5.69 Å². The summed E-state index contributed by atoms with van der Waals surface area (Å²) in [5, 5.41) is 3.66. The van der Waals surface area contributed by atoms with E-state index < -0.39 is 10.0 Å². The first-order chi connectivity index (χ1) is 12.9. The molecule has 2 heterocycles. The number of nitrogens with one attached hydrogen (secondary N) is 1. The van der Waals surface area contributed by atoms with E-state index in [0.717, 1.165) is 18.8 Å². The maximum absolute atomic E-state index is 12.4. The number of hydrogen-bond acceptors (Lipinski definition) is 6. The molecule has 0 aliphatic carbocycles. The number of piperazine rings is 1. The van der Waals surface area contributed by atoms with E-state index in [9.17, 15) is 13.2 Å². The Hall–Kier alpha value is -2.39. The topological polar surface area (TPSA) is 95.8 Å². The van der Waals surface area contributed by atoms with Gasteiger partial charge in [0.15, 0.2) is 5.76 Å². The van der Waals surface area contributed by atoms with E-state index in [1.165, 1.54) is 0 Å². The average molecular weight is 392 g/mol. The Morgan fingerprint density at radius 1 is 1.15 bits per heavy atom. The summed E-state index contributed by atoms with van der Waals surface area (Å²) in [5.74, 6) is 0.188. The maximum atomic E-state index is 12.4. The summed E-state index contributed by atoms with van der Waals surface area (Å²) < 4.78 is 32.1. The fourth-order valence-corrected chi connectivity index (χ4v) is 4.59. The van der Waals surface area contributed by atoms with Gasteiger partial charge in [-0.2, -0.15) is 0 Å². The SMILES string of the molecule is Cc1noc(C)c1S(=O)(=O)NCCC(=O)N1CCN(c2ccccc2)CC1. The number of anilines is 1. The van der Waals surface area contributed by atoms with Crippen LogP contribution in [-0.2, 0) is 14.8 Å². The summed E-state index contributed by atoms with van der Waals surface area (Å²) in [5.41, 5.74) is 1.46. The van der Waals surface area contributed by atoms with Crippen molar-refractivity contribution in [2.24, 2.45) is 0 Å². The monoisotopic (exact) mass is 392 g/mol. The van der Waals surface area contributed by atoms with Gasteiger partial charge in [-0.25, -0.2) is 13.1 Å². The largest absolute Gasteiger partial charge is 0.368 e. The van der Waals surface area contributed by atoms with Crippen LogP contribution < -0.4 is 9.62 Å². The number of sulfonamides is 1. The first-order valence-corrected chi connectivity index (χ1v) is 10.4. The molecule has 9 heteroatoms. The van der Waals surface area contributed by atoms with Gasteiger partial charge in [0.25, 0.3) is 0 Å². The standard InChI is InChI=1S/C18H24N4O4S/c1-14-18(15(2)26-20-14)27(24,25)19-9-8-17(23)22-12-10-21(11-13-22)16-6-4-3-5-7-16/h3-7,19H,8-13H2,1-2H3. The smallest absolute Gasteiger partial charge is 0.245 e. The van der Waals surface area contributed by atoms with Crippen LogP contribution in [-0.4, -0.2) is 57.1 Å². The zero-order valence-corrected chi connectivity index (χ0v) is 16.3. The Balaban J connectivity index is 1.48. The normalized spacial score (nSPS) is 15.2. The van der Waals surface area contributed by atoms with Gasteiger partial charge in [0.1, 0.15) is 10.6 Å². The molecule has 3 rings (SSSR count). The van der Waals surface area contributed by atoms with E-state index >= 15 is 0 Å². The molecule has 0 atom stereocenters. The zero-order chi connectivity index (χ0) is 19.4. The van der Waals surface area contributed by atoms with Gasteiger partial charge in [0, 0.05) is 44.8 Å². The summed E-state index contributed by atoms with van der Waals surface area (Å²) >= 11 is 0. The Kier molecular flexibility index (Phi) is 5.81. The first kappa shape index (κ1) is 19.4. The predicted octanol–water partition coefficient (Wildman–Crippen LogP) is 1.31. The average Bonchev–Trinajstić information content (AvgIpc) is 3.01. The van der Waals surface area contributed by atoms with Crippen molar-refractivity contribution in [1.82, 2.24) is 14.8 Å². The van der Waals surface area contributed by atoms with Gasteiger partial charge in [0.2, 0.25) is 15.9 Å². The van der Waals surface area contributed by atoms with Crippen LogP contribution in [0.25, 0.3) is 0 Å². The molecule has 8 nitrogen and oxygen atoms in total. The molecule has 1 amide bonds. The quantitative estimate of drug-likeness (QED) is 0.796. The van der Waals surface area contributed by atoms with E-state index in [-0.39, 0.29) is 29.5 Å². The minimum absolute atomic E-state index is 0.0458. The predicted molar refractivity (Wildman–Crippen MR) is 101 cm³/mol. The molecule has 0 saturated carbocycles. The first-order valence-electron chi connectivity index (χ1n) is 8.89. The van der Waals surface area contributed by atoms with Crippen molar-refractivity contribution in [3.63, 3.8) is 0 Å². The van der Waals surface area contributed by atoms with Gasteiger partial charge in [-0.1, -0.05) is 23.4 Å². The molecular formula is C18H24N4O4S. The second-order valence-corrected chi connectivity index (χ2v) is 8.21. The van der Waals surface area contributed by atoms with Crippen molar-refractivity contribution in [2.75, 3.05) is 37.6 Å². The van der Waals surface area contributed by atoms with Crippen LogP contribution in [0.15, 0.2) is 39.8 Å². The van der Waals surface area contributed by atoms with Crippen LogP contribution in [0, 0.1) is 13.8 Å². The molecule has 1 aliphatic rings. The summed E-state index contributed by atoms with van der Waals surface area (Å²) in [6.45, 7) is 5.95. The maximum Gasteiger partial charge on any atom is 0.245 e. The minimum Gasteiger partial charge on any atom is -0.368 e. The molecule has 0 spiro atoms. The van der Waals surface area contributed by atoms with Crippen LogP contribution in [0.2, 0.25) is 0 Å². The molecule has 27 heavy (non-hydrogen) atoms. The van der Waals surface area contributed by atoms with Crippen LogP contribution >= 0.6 is 0 Å². The minimum atomic E-state index is -3.73. The van der Waals surface area contributed by atoms with Crippen molar-refractivity contribution >= 4 is 21.6 Å². The lowest BCUT2D eigenvalue weighted by atomic mass is 10.2.